The molecule has 1 heterocycles. The van der Waals surface area contributed by atoms with Gasteiger partial charge < -0.3 is 4.74 Å². The first-order valence-corrected chi connectivity index (χ1v) is 5.44. The Hall–Kier alpha value is -0.410. The van der Waals surface area contributed by atoms with E-state index in [2.05, 4.69) is 18.7 Å². The van der Waals surface area contributed by atoms with Crippen LogP contribution in [0.1, 0.15) is 33.6 Å². The molecule has 3 heteroatoms. The molecule has 0 saturated carbocycles. The van der Waals surface area contributed by atoms with E-state index in [4.69, 9.17) is 4.74 Å². The Bertz CT molecular complexity index is 194. The summed E-state index contributed by atoms with van der Waals surface area (Å²) in [7, 11) is 0. The molecule has 0 aromatic carbocycles. The average Bonchev–Trinajstić information content (AvgIpc) is 2.28. The number of ketones is 1. The summed E-state index contributed by atoms with van der Waals surface area (Å²) in [5.74, 6) is 0.273. The van der Waals surface area contributed by atoms with E-state index in [1.165, 1.54) is 0 Å². The van der Waals surface area contributed by atoms with Crippen molar-refractivity contribution in [1.29, 1.82) is 0 Å². The van der Waals surface area contributed by atoms with E-state index < -0.39 is 0 Å². The minimum Gasteiger partial charge on any atom is -0.377 e. The first-order chi connectivity index (χ1) is 6.59. The summed E-state index contributed by atoms with van der Waals surface area (Å²) in [4.78, 5) is 13.4. The first-order valence-electron chi connectivity index (χ1n) is 5.44. The van der Waals surface area contributed by atoms with Gasteiger partial charge in [-0.25, -0.2) is 0 Å². The second-order valence-corrected chi connectivity index (χ2v) is 4.29. The van der Waals surface area contributed by atoms with Crippen LogP contribution < -0.4 is 0 Å². The first kappa shape index (κ1) is 11.7. The topological polar surface area (TPSA) is 29.5 Å². The largest absolute Gasteiger partial charge is 0.377 e. The maximum atomic E-state index is 11.0. The Kier molecular flexibility index (Phi) is 4.55. The van der Waals surface area contributed by atoms with Gasteiger partial charge in [-0.05, 0) is 27.2 Å². The quantitative estimate of drug-likeness (QED) is 0.689. The van der Waals surface area contributed by atoms with Gasteiger partial charge in [0.05, 0.1) is 6.10 Å². The van der Waals surface area contributed by atoms with Crippen molar-refractivity contribution in [2.24, 2.45) is 0 Å². The zero-order valence-electron chi connectivity index (χ0n) is 9.45. The van der Waals surface area contributed by atoms with Gasteiger partial charge in [0.1, 0.15) is 5.78 Å². The molecule has 82 valence electrons. The predicted octanol–water partition coefficient (Wildman–Crippen LogP) is 1.46. The van der Waals surface area contributed by atoms with Gasteiger partial charge in [0.15, 0.2) is 0 Å². The van der Waals surface area contributed by atoms with Crippen LogP contribution in [0.4, 0.5) is 0 Å². The van der Waals surface area contributed by atoms with Crippen molar-refractivity contribution in [3.8, 4) is 0 Å². The molecule has 14 heavy (non-hydrogen) atoms. The molecule has 1 aliphatic heterocycles. The number of hydrogen-bond acceptors (Lipinski definition) is 3. The summed E-state index contributed by atoms with van der Waals surface area (Å²) in [5, 5.41) is 0. The van der Waals surface area contributed by atoms with Crippen LogP contribution in [0.5, 0.6) is 0 Å². The summed E-state index contributed by atoms with van der Waals surface area (Å²) < 4.78 is 5.56. The van der Waals surface area contributed by atoms with Crippen molar-refractivity contribution in [2.45, 2.75) is 45.8 Å². The fraction of sp³-hybridized carbons (Fsp3) is 0.909. The fourth-order valence-electron chi connectivity index (χ4n) is 1.97. The molecule has 0 aliphatic carbocycles. The monoisotopic (exact) mass is 199 g/mol. The van der Waals surface area contributed by atoms with Crippen LogP contribution in [-0.4, -0.2) is 42.5 Å². The van der Waals surface area contributed by atoms with Crippen molar-refractivity contribution in [3.05, 3.63) is 0 Å². The Labute approximate surface area is 86.4 Å². The summed E-state index contributed by atoms with van der Waals surface area (Å²) in [5.41, 5.74) is 0. The highest BCUT2D eigenvalue weighted by Crippen LogP contribution is 2.11. The number of carbonyl (C=O) groups excluding carboxylic acids is 1. The third-order valence-electron chi connectivity index (χ3n) is 2.69. The Morgan fingerprint density at radius 1 is 1.64 bits per heavy atom. The molecule has 3 nitrogen and oxygen atoms in total. The zero-order chi connectivity index (χ0) is 10.6. The molecule has 0 amide bonds. The summed E-state index contributed by atoms with van der Waals surface area (Å²) >= 11 is 0. The molecule has 1 rings (SSSR count). The van der Waals surface area contributed by atoms with Gasteiger partial charge >= 0.3 is 0 Å². The van der Waals surface area contributed by atoms with Gasteiger partial charge in [-0.15, -0.1) is 0 Å². The van der Waals surface area contributed by atoms with Gasteiger partial charge in [0.2, 0.25) is 0 Å². The van der Waals surface area contributed by atoms with Crippen LogP contribution in [0.3, 0.4) is 0 Å². The second-order valence-electron chi connectivity index (χ2n) is 4.29. The van der Waals surface area contributed by atoms with Crippen LogP contribution >= 0.6 is 0 Å². The maximum Gasteiger partial charge on any atom is 0.131 e. The van der Waals surface area contributed by atoms with Gasteiger partial charge in [0.25, 0.3) is 0 Å². The molecule has 0 N–H and O–H groups in total. The minimum atomic E-state index is 0.273. The molecule has 0 bridgehead atoms. The van der Waals surface area contributed by atoms with Crippen molar-refractivity contribution < 1.29 is 9.53 Å². The zero-order valence-corrected chi connectivity index (χ0v) is 9.45. The van der Waals surface area contributed by atoms with Crippen molar-refractivity contribution in [2.75, 3.05) is 19.7 Å². The molecule has 2 atom stereocenters. The normalized spacial score (nSPS) is 26.9. The highest BCUT2D eigenvalue weighted by atomic mass is 16.5. The molecule has 1 saturated heterocycles. The number of Topliss-reactive ketones (excluding diaryl/α,β-unsaturated/α-hetero) is 1. The molecule has 0 aromatic rings. The Morgan fingerprint density at radius 3 is 3.00 bits per heavy atom. The number of rotatable bonds is 3. The Balaban J connectivity index is 2.43. The van der Waals surface area contributed by atoms with Crippen LogP contribution in [0.15, 0.2) is 0 Å². The summed E-state index contributed by atoms with van der Waals surface area (Å²) in [6.07, 6.45) is 2.03. The summed E-state index contributed by atoms with van der Waals surface area (Å²) in [6, 6.07) is 0.358. The lowest BCUT2D eigenvalue weighted by Gasteiger charge is -2.27. The molecule has 2 unspecified atom stereocenters. The maximum absolute atomic E-state index is 11.0. The molecule has 0 radical (unpaired) electrons. The van der Waals surface area contributed by atoms with Gasteiger partial charge in [-0.1, -0.05) is 0 Å². The van der Waals surface area contributed by atoms with E-state index in [1.54, 1.807) is 6.92 Å². The van der Waals surface area contributed by atoms with Gasteiger partial charge in [-0.3, -0.25) is 9.69 Å². The molecule has 0 spiro atoms. The molecular formula is C11H21NO2. The third kappa shape index (κ3) is 3.76. The van der Waals surface area contributed by atoms with Gasteiger partial charge in [-0.2, -0.15) is 0 Å². The Morgan fingerprint density at radius 2 is 2.36 bits per heavy atom. The highest BCUT2D eigenvalue weighted by molar-refractivity contribution is 5.76. The molecule has 1 aliphatic rings. The van der Waals surface area contributed by atoms with E-state index in [0.717, 1.165) is 26.1 Å². The second kappa shape index (κ2) is 5.47. The predicted molar refractivity (Wildman–Crippen MR) is 56.4 cm³/mol. The lowest BCUT2D eigenvalue weighted by atomic mass is 10.1. The van der Waals surface area contributed by atoms with Crippen molar-refractivity contribution in [1.82, 2.24) is 4.90 Å². The van der Waals surface area contributed by atoms with E-state index in [1.807, 2.05) is 0 Å². The van der Waals surface area contributed by atoms with Gasteiger partial charge in [0, 0.05) is 32.2 Å². The van der Waals surface area contributed by atoms with Crippen LogP contribution in [0.2, 0.25) is 0 Å². The lowest BCUT2D eigenvalue weighted by molar-refractivity contribution is -0.118. The van der Waals surface area contributed by atoms with Crippen molar-refractivity contribution in [3.63, 3.8) is 0 Å². The van der Waals surface area contributed by atoms with Crippen LogP contribution in [0, 0.1) is 0 Å². The number of ether oxygens (including phenoxy) is 1. The molecular weight excluding hydrogens is 178 g/mol. The van der Waals surface area contributed by atoms with Crippen LogP contribution in [-0.2, 0) is 9.53 Å². The molecule has 0 aromatic heterocycles. The minimum absolute atomic E-state index is 0.273. The average molecular weight is 199 g/mol. The van der Waals surface area contributed by atoms with E-state index in [0.29, 0.717) is 18.6 Å². The van der Waals surface area contributed by atoms with E-state index in [-0.39, 0.29) is 5.78 Å². The van der Waals surface area contributed by atoms with E-state index >= 15 is 0 Å². The van der Waals surface area contributed by atoms with Crippen LogP contribution in [0.25, 0.3) is 0 Å². The number of hydrogen-bond donors (Lipinski definition) is 0. The third-order valence-corrected chi connectivity index (χ3v) is 2.69. The van der Waals surface area contributed by atoms with Crippen molar-refractivity contribution >= 4 is 5.78 Å². The highest BCUT2D eigenvalue weighted by Gasteiger charge is 2.20. The lowest BCUT2D eigenvalue weighted by Crippen LogP contribution is -2.38. The molecule has 1 fully saturated rings. The standard InChI is InChI=1S/C11H21NO2/c1-9(7-10(2)13)12-5-4-6-14-11(3)8-12/h9,11H,4-8H2,1-3H3. The smallest absolute Gasteiger partial charge is 0.131 e. The SMILES string of the molecule is CC(=O)CC(C)N1CCCOC(C)C1. The fourth-order valence-corrected chi connectivity index (χ4v) is 1.97. The van der Waals surface area contributed by atoms with E-state index in [9.17, 15) is 4.79 Å². The number of carbonyl (C=O) groups is 1. The number of nitrogens with zero attached hydrogens (tertiary/aromatic N) is 1. The summed E-state index contributed by atoms with van der Waals surface area (Å²) in [6.45, 7) is 8.74.